The largest absolute Gasteiger partial charge is 0.245 e. The van der Waals surface area contributed by atoms with Gasteiger partial charge in [-0.3, -0.25) is 0 Å². The van der Waals surface area contributed by atoms with Gasteiger partial charge in [0.1, 0.15) is 5.03 Å². The highest BCUT2D eigenvalue weighted by atomic mass is 79.9. The fourth-order valence-corrected chi connectivity index (χ4v) is 2.52. The number of hydrogen-bond donors (Lipinski definition) is 0. The molecule has 0 atom stereocenters. The molecule has 0 amide bonds. The van der Waals surface area contributed by atoms with Crippen molar-refractivity contribution in [3.05, 3.63) is 51.0 Å². The summed E-state index contributed by atoms with van der Waals surface area (Å²) in [7, 11) is 0. The molecule has 0 saturated heterocycles. The highest BCUT2D eigenvalue weighted by Gasteiger charge is 2.01. The van der Waals surface area contributed by atoms with E-state index in [2.05, 4.69) is 49.0 Å². The van der Waals surface area contributed by atoms with E-state index >= 15 is 0 Å². The maximum Gasteiger partial charge on any atom is 0.101 e. The van der Waals surface area contributed by atoms with Crippen LogP contribution in [0.15, 0.2) is 55.3 Å². The van der Waals surface area contributed by atoms with E-state index in [0.29, 0.717) is 0 Å². The van der Waals surface area contributed by atoms with Gasteiger partial charge in [-0.25, -0.2) is 4.98 Å². The van der Waals surface area contributed by atoms with Crippen LogP contribution in [-0.4, -0.2) is 4.98 Å². The van der Waals surface area contributed by atoms with E-state index in [9.17, 15) is 0 Å². The predicted octanol–water partition coefficient (Wildman–Crippen LogP) is 5.07. The molecule has 1 aromatic carbocycles. The number of benzene rings is 1. The number of nitrogens with zero attached hydrogens (tertiary/aromatic N) is 1. The van der Waals surface area contributed by atoms with Gasteiger partial charge in [-0.15, -0.1) is 0 Å². The Morgan fingerprint density at radius 2 is 1.69 bits per heavy atom. The maximum atomic E-state index is 4.49. The minimum absolute atomic E-state index is 1.02. The van der Waals surface area contributed by atoms with Crippen LogP contribution in [0.2, 0.25) is 0 Å². The lowest BCUT2D eigenvalue weighted by Gasteiger charge is -2.03. The van der Waals surface area contributed by atoms with Crippen LogP contribution in [0.1, 0.15) is 5.69 Å². The van der Waals surface area contributed by atoms with Crippen molar-refractivity contribution < 1.29 is 0 Å². The Kier molecular flexibility index (Phi) is 4.05. The van der Waals surface area contributed by atoms with E-state index in [1.807, 2.05) is 31.2 Å². The molecule has 0 aliphatic heterocycles. The number of aromatic nitrogens is 1. The maximum absolute atomic E-state index is 4.49. The first-order valence-electron chi connectivity index (χ1n) is 4.72. The summed E-state index contributed by atoms with van der Waals surface area (Å²) in [5, 5.41) is 1.02. The Morgan fingerprint density at radius 3 is 2.31 bits per heavy atom. The number of aryl methyl sites for hydroxylation is 1. The van der Waals surface area contributed by atoms with Gasteiger partial charge in [-0.2, -0.15) is 0 Å². The van der Waals surface area contributed by atoms with Crippen molar-refractivity contribution in [2.75, 3.05) is 0 Å². The zero-order valence-electron chi connectivity index (χ0n) is 8.58. The molecule has 0 fully saturated rings. The van der Waals surface area contributed by atoms with Crippen molar-refractivity contribution in [2.24, 2.45) is 0 Å². The van der Waals surface area contributed by atoms with Gasteiger partial charge in [0, 0.05) is 13.8 Å². The monoisotopic (exact) mass is 357 g/mol. The predicted molar refractivity (Wildman–Crippen MR) is 74.9 cm³/mol. The second-order valence-electron chi connectivity index (χ2n) is 3.27. The SMILES string of the molecule is Cc1nc(Sc2ccc(Br)cc2)ccc1Br. The average Bonchev–Trinajstić information content (AvgIpc) is 2.27. The molecular formula is C12H9Br2NS. The summed E-state index contributed by atoms with van der Waals surface area (Å²) in [4.78, 5) is 5.69. The number of hydrogen-bond acceptors (Lipinski definition) is 2. The van der Waals surface area contributed by atoms with Crippen LogP contribution in [0.25, 0.3) is 0 Å². The van der Waals surface area contributed by atoms with Gasteiger partial charge < -0.3 is 0 Å². The van der Waals surface area contributed by atoms with Gasteiger partial charge in [0.05, 0.1) is 5.69 Å². The lowest BCUT2D eigenvalue weighted by Crippen LogP contribution is -1.85. The van der Waals surface area contributed by atoms with Gasteiger partial charge in [0.2, 0.25) is 0 Å². The minimum Gasteiger partial charge on any atom is -0.245 e. The number of halogens is 2. The molecule has 0 bridgehead atoms. The van der Waals surface area contributed by atoms with Gasteiger partial charge in [0.25, 0.3) is 0 Å². The van der Waals surface area contributed by atoms with Gasteiger partial charge in [-0.05, 0) is 59.3 Å². The zero-order valence-corrected chi connectivity index (χ0v) is 12.6. The van der Waals surface area contributed by atoms with Gasteiger partial charge in [-0.1, -0.05) is 27.7 Å². The van der Waals surface area contributed by atoms with Crippen molar-refractivity contribution in [3.8, 4) is 0 Å². The van der Waals surface area contributed by atoms with E-state index in [1.165, 1.54) is 4.90 Å². The van der Waals surface area contributed by atoms with Crippen molar-refractivity contribution in [2.45, 2.75) is 16.8 Å². The fraction of sp³-hybridized carbons (Fsp3) is 0.0833. The van der Waals surface area contributed by atoms with Crippen molar-refractivity contribution >= 4 is 43.6 Å². The van der Waals surface area contributed by atoms with Gasteiger partial charge in [0.15, 0.2) is 0 Å². The number of pyridine rings is 1. The van der Waals surface area contributed by atoms with Crippen molar-refractivity contribution in [1.82, 2.24) is 4.98 Å². The summed E-state index contributed by atoms with van der Waals surface area (Å²) in [6.07, 6.45) is 0. The highest BCUT2D eigenvalue weighted by Crippen LogP contribution is 2.28. The first-order valence-corrected chi connectivity index (χ1v) is 7.12. The first-order chi connectivity index (χ1) is 7.65. The molecule has 0 spiro atoms. The van der Waals surface area contributed by atoms with E-state index in [0.717, 1.165) is 19.7 Å². The van der Waals surface area contributed by atoms with Crippen LogP contribution in [0.3, 0.4) is 0 Å². The van der Waals surface area contributed by atoms with Gasteiger partial charge >= 0.3 is 0 Å². The Bertz CT molecular complexity index is 497. The highest BCUT2D eigenvalue weighted by molar-refractivity contribution is 9.10. The third-order valence-electron chi connectivity index (χ3n) is 2.03. The van der Waals surface area contributed by atoms with Crippen molar-refractivity contribution in [1.29, 1.82) is 0 Å². The molecule has 1 heterocycles. The quantitative estimate of drug-likeness (QED) is 0.743. The average molecular weight is 359 g/mol. The molecule has 0 N–H and O–H groups in total. The minimum atomic E-state index is 1.02. The molecule has 0 unspecified atom stereocenters. The summed E-state index contributed by atoms with van der Waals surface area (Å²) in [6, 6.07) is 12.3. The lowest BCUT2D eigenvalue weighted by molar-refractivity contribution is 1.05. The Balaban J connectivity index is 2.20. The third-order valence-corrected chi connectivity index (χ3v) is 4.34. The summed E-state index contributed by atoms with van der Waals surface area (Å²) in [6.45, 7) is 2.00. The molecule has 0 radical (unpaired) electrons. The van der Waals surface area contributed by atoms with E-state index < -0.39 is 0 Å². The Morgan fingerprint density at radius 1 is 1.00 bits per heavy atom. The summed E-state index contributed by atoms with van der Waals surface area (Å²) >= 11 is 8.53. The molecule has 82 valence electrons. The standard InChI is InChI=1S/C12H9Br2NS/c1-8-11(14)6-7-12(15-8)16-10-4-2-9(13)3-5-10/h2-7H,1H3. The second kappa shape index (κ2) is 5.34. The molecule has 0 aliphatic rings. The topological polar surface area (TPSA) is 12.9 Å². The molecule has 1 nitrogen and oxygen atoms in total. The summed E-state index contributed by atoms with van der Waals surface area (Å²) < 4.78 is 2.14. The molecule has 0 aliphatic carbocycles. The third kappa shape index (κ3) is 3.09. The van der Waals surface area contributed by atoms with Crippen LogP contribution in [0, 0.1) is 6.92 Å². The van der Waals surface area contributed by atoms with Crippen LogP contribution < -0.4 is 0 Å². The second-order valence-corrected chi connectivity index (χ2v) is 6.14. The smallest absolute Gasteiger partial charge is 0.101 e. The fourth-order valence-electron chi connectivity index (χ4n) is 1.20. The lowest BCUT2D eigenvalue weighted by atomic mass is 10.4. The molecule has 0 saturated carbocycles. The van der Waals surface area contributed by atoms with E-state index in [4.69, 9.17) is 0 Å². The Labute approximate surface area is 116 Å². The van der Waals surface area contributed by atoms with Crippen LogP contribution >= 0.6 is 43.6 Å². The van der Waals surface area contributed by atoms with Crippen molar-refractivity contribution in [3.63, 3.8) is 0 Å². The van der Waals surface area contributed by atoms with Crippen LogP contribution in [-0.2, 0) is 0 Å². The molecule has 16 heavy (non-hydrogen) atoms. The molecule has 2 aromatic rings. The summed E-state index contributed by atoms with van der Waals surface area (Å²) in [5.74, 6) is 0. The molecule has 4 heteroatoms. The van der Waals surface area contributed by atoms with Crippen LogP contribution in [0.5, 0.6) is 0 Å². The first kappa shape index (κ1) is 12.1. The molecule has 2 rings (SSSR count). The normalized spacial score (nSPS) is 10.4. The van der Waals surface area contributed by atoms with E-state index in [1.54, 1.807) is 11.8 Å². The summed E-state index contributed by atoms with van der Waals surface area (Å²) in [5.41, 5.74) is 1.02. The molecular weight excluding hydrogens is 350 g/mol. The molecule has 1 aromatic heterocycles. The number of rotatable bonds is 2. The Hall–Kier alpha value is -0.320. The van der Waals surface area contributed by atoms with E-state index in [-0.39, 0.29) is 0 Å². The van der Waals surface area contributed by atoms with Crippen LogP contribution in [0.4, 0.5) is 0 Å². The zero-order chi connectivity index (χ0) is 11.5.